The predicted octanol–water partition coefficient (Wildman–Crippen LogP) is 3.45. The van der Waals surface area contributed by atoms with Crippen LogP contribution < -0.4 is 14.8 Å². The molecule has 0 amide bonds. The van der Waals surface area contributed by atoms with Crippen molar-refractivity contribution in [1.82, 2.24) is 0 Å². The van der Waals surface area contributed by atoms with E-state index in [9.17, 15) is 0 Å². The van der Waals surface area contributed by atoms with E-state index in [1.54, 1.807) is 0 Å². The first-order valence-electron chi connectivity index (χ1n) is 6.49. The van der Waals surface area contributed by atoms with E-state index in [2.05, 4.69) is 11.4 Å². The maximum Gasteiger partial charge on any atom is 0.163 e. The minimum absolute atomic E-state index is 0.641. The maximum atomic E-state index is 5.60. The number of rotatable bonds is 6. The predicted molar refractivity (Wildman–Crippen MR) is 70.0 cm³/mol. The van der Waals surface area contributed by atoms with Gasteiger partial charge in [-0.2, -0.15) is 0 Å². The largest absolute Gasteiger partial charge is 0.490 e. The van der Waals surface area contributed by atoms with Crippen LogP contribution in [0.25, 0.3) is 0 Å². The Morgan fingerprint density at radius 1 is 1.12 bits per heavy atom. The quantitative estimate of drug-likeness (QED) is 0.819. The summed E-state index contributed by atoms with van der Waals surface area (Å²) in [4.78, 5) is 0. The molecule has 1 aromatic rings. The SMILES string of the molecule is CCOc1ccc(NC2CCC2)cc1OCC. The van der Waals surface area contributed by atoms with E-state index in [0.29, 0.717) is 19.3 Å². The van der Waals surface area contributed by atoms with Crippen molar-refractivity contribution in [3.63, 3.8) is 0 Å². The lowest BCUT2D eigenvalue weighted by atomic mass is 9.93. The third-order valence-corrected chi connectivity index (χ3v) is 3.02. The van der Waals surface area contributed by atoms with Crippen LogP contribution in [0.4, 0.5) is 5.69 Å². The first-order chi connectivity index (χ1) is 8.33. The molecule has 0 spiro atoms. The third kappa shape index (κ3) is 3.05. The molecule has 0 aliphatic heterocycles. The molecule has 0 aromatic heterocycles. The molecule has 1 aromatic carbocycles. The lowest BCUT2D eigenvalue weighted by molar-refractivity contribution is 0.288. The van der Waals surface area contributed by atoms with Crippen molar-refractivity contribution in [3.05, 3.63) is 18.2 Å². The second-order valence-corrected chi connectivity index (χ2v) is 4.30. The molecule has 1 aliphatic carbocycles. The van der Waals surface area contributed by atoms with Gasteiger partial charge in [0, 0.05) is 17.8 Å². The van der Waals surface area contributed by atoms with Crippen LogP contribution >= 0.6 is 0 Å². The lowest BCUT2D eigenvalue weighted by Gasteiger charge is -2.27. The van der Waals surface area contributed by atoms with Crippen molar-refractivity contribution in [2.45, 2.75) is 39.2 Å². The maximum absolute atomic E-state index is 5.60. The van der Waals surface area contributed by atoms with Crippen LogP contribution in [0, 0.1) is 0 Å². The minimum Gasteiger partial charge on any atom is -0.490 e. The van der Waals surface area contributed by atoms with E-state index in [0.717, 1.165) is 17.2 Å². The molecular weight excluding hydrogens is 214 g/mol. The van der Waals surface area contributed by atoms with Crippen molar-refractivity contribution < 1.29 is 9.47 Å². The van der Waals surface area contributed by atoms with Crippen molar-refractivity contribution in [2.24, 2.45) is 0 Å². The number of anilines is 1. The van der Waals surface area contributed by atoms with Gasteiger partial charge in [-0.05, 0) is 45.2 Å². The van der Waals surface area contributed by atoms with Crippen molar-refractivity contribution >= 4 is 5.69 Å². The summed E-state index contributed by atoms with van der Waals surface area (Å²) >= 11 is 0. The molecule has 17 heavy (non-hydrogen) atoms. The van der Waals surface area contributed by atoms with Crippen LogP contribution in [0.15, 0.2) is 18.2 Å². The van der Waals surface area contributed by atoms with Crippen LogP contribution in [0.3, 0.4) is 0 Å². The Bertz CT molecular complexity index is 361. The molecule has 0 bridgehead atoms. The first kappa shape index (κ1) is 12.1. The number of nitrogens with one attached hydrogen (secondary N) is 1. The van der Waals surface area contributed by atoms with Crippen LogP contribution in [0.5, 0.6) is 11.5 Å². The number of benzene rings is 1. The lowest BCUT2D eigenvalue weighted by Crippen LogP contribution is -2.26. The normalized spacial score (nSPS) is 15.2. The van der Waals surface area contributed by atoms with Crippen molar-refractivity contribution in [3.8, 4) is 11.5 Å². The van der Waals surface area contributed by atoms with Gasteiger partial charge in [-0.25, -0.2) is 0 Å². The van der Waals surface area contributed by atoms with Gasteiger partial charge in [0.15, 0.2) is 11.5 Å². The molecule has 0 saturated heterocycles. The summed E-state index contributed by atoms with van der Waals surface area (Å²) in [6.07, 6.45) is 3.89. The fraction of sp³-hybridized carbons (Fsp3) is 0.571. The van der Waals surface area contributed by atoms with Gasteiger partial charge < -0.3 is 14.8 Å². The van der Waals surface area contributed by atoms with Gasteiger partial charge in [0.2, 0.25) is 0 Å². The van der Waals surface area contributed by atoms with Crippen LogP contribution in [-0.2, 0) is 0 Å². The van der Waals surface area contributed by atoms with E-state index in [4.69, 9.17) is 9.47 Å². The van der Waals surface area contributed by atoms with Crippen LogP contribution in [0.2, 0.25) is 0 Å². The molecule has 0 unspecified atom stereocenters. The molecule has 94 valence electrons. The molecule has 0 heterocycles. The Morgan fingerprint density at radius 3 is 2.41 bits per heavy atom. The van der Waals surface area contributed by atoms with Crippen molar-refractivity contribution in [1.29, 1.82) is 0 Å². The smallest absolute Gasteiger partial charge is 0.163 e. The Labute approximate surface area is 103 Å². The van der Waals surface area contributed by atoms with E-state index < -0.39 is 0 Å². The van der Waals surface area contributed by atoms with Gasteiger partial charge in [-0.15, -0.1) is 0 Å². The van der Waals surface area contributed by atoms with Gasteiger partial charge in [0.1, 0.15) is 0 Å². The number of hydrogen-bond donors (Lipinski definition) is 1. The monoisotopic (exact) mass is 235 g/mol. The second-order valence-electron chi connectivity index (χ2n) is 4.30. The fourth-order valence-corrected chi connectivity index (χ4v) is 1.93. The summed E-state index contributed by atoms with van der Waals surface area (Å²) < 4.78 is 11.1. The molecule has 1 aliphatic rings. The topological polar surface area (TPSA) is 30.5 Å². The van der Waals surface area contributed by atoms with Gasteiger partial charge in [0.05, 0.1) is 13.2 Å². The summed E-state index contributed by atoms with van der Waals surface area (Å²) in [5, 5.41) is 3.51. The van der Waals surface area contributed by atoms with Gasteiger partial charge >= 0.3 is 0 Å². The molecule has 1 fully saturated rings. The van der Waals surface area contributed by atoms with Gasteiger partial charge in [-0.3, -0.25) is 0 Å². The standard InChI is InChI=1S/C14H21NO2/c1-3-16-13-9-8-12(10-14(13)17-4-2)15-11-6-5-7-11/h8-11,15H,3-7H2,1-2H3. The molecule has 3 nitrogen and oxygen atoms in total. The Hall–Kier alpha value is -1.38. The third-order valence-electron chi connectivity index (χ3n) is 3.02. The molecular formula is C14H21NO2. The summed E-state index contributed by atoms with van der Waals surface area (Å²) in [5.41, 5.74) is 1.13. The highest BCUT2D eigenvalue weighted by Crippen LogP contribution is 2.32. The highest BCUT2D eigenvalue weighted by atomic mass is 16.5. The zero-order chi connectivity index (χ0) is 12.1. The summed E-state index contributed by atoms with van der Waals surface area (Å²) in [5.74, 6) is 1.66. The second kappa shape index (κ2) is 5.80. The zero-order valence-corrected chi connectivity index (χ0v) is 10.7. The summed E-state index contributed by atoms with van der Waals surface area (Å²) in [6, 6.07) is 6.72. The van der Waals surface area contributed by atoms with E-state index in [-0.39, 0.29) is 0 Å². The Kier molecular flexibility index (Phi) is 4.13. The van der Waals surface area contributed by atoms with Crippen LogP contribution in [-0.4, -0.2) is 19.3 Å². The molecule has 0 atom stereocenters. The zero-order valence-electron chi connectivity index (χ0n) is 10.7. The fourth-order valence-electron chi connectivity index (χ4n) is 1.93. The van der Waals surface area contributed by atoms with E-state index in [1.807, 2.05) is 26.0 Å². The van der Waals surface area contributed by atoms with E-state index >= 15 is 0 Å². The van der Waals surface area contributed by atoms with Gasteiger partial charge in [-0.1, -0.05) is 0 Å². The molecule has 3 heteroatoms. The highest BCUT2D eigenvalue weighted by Gasteiger charge is 2.17. The number of hydrogen-bond acceptors (Lipinski definition) is 3. The Balaban J connectivity index is 2.09. The average molecular weight is 235 g/mol. The van der Waals surface area contributed by atoms with Crippen LogP contribution in [0.1, 0.15) is 33.1 Å². The highest BCUT2D eigenvalue weighted by molar-refractivity contribution is 5.55. The van der Waals surface area contributed by atoms with Gasteiger partial charge in [0.25, 0.3) is 0 Å². The Morgan fingerprint density at radius 2 is 1.82 bits per heavy atom. The summed E-state index contributed by atoms with van der Waals surface area (Å²) in [7, 11) is 0. The van der Waals surface area contributed by atoms with Crippen molar-refractivity contribution in [2.75, 3.05) is 18.5 Å². The molecule has 2 rings (SSSR count). The molecule has 1 N–H and O–H groups in total. The summed E-state index contributed by atoms with van der Waals surface area (Å²) in [6.45, 7) is 5.29. The minimum atomic E-state index is 0.641. The number of ether oxygens (including phenoxy) is 2. The average Bonchev–Trinajstić information content (AvgIpc) is 2.27. The van der Waals surface area contributed by atoms with E-state index in [1.165, 1.54) is 19.3 Å². The molecule has 1 saturated carbocycles. The molecule has 0 radical (unpaired) electrons. The first-order valence-corrected chi connectivity index (χ1v) is 6.49.